The second-order valence-corrected chi connectivity index (χ2v) is 3.55. The highest BCUT2D eigenvalue weighted by Crippen LogP contribution is 2.22. The minimum Gasteiger partial charge on any atom is -0.478 e. The number of unbranched alkanes of at least 4 members (excludes halogenated alkanes) is 1. The monoisotopic (exact) mass is 224 g/mol. The van der Waals surface area contributed by atoms with Gasteiger partial charge < -0.3 is 10.2 Å². The zero-order chi connectivity index (χ0) is 11.3. The number of benzene rings is 1. The summed E-state index contributed by atoms with van der Waals surface area (Å²) in [4.78, 5) is 10.9. The summed E-state index contributed by atoms with van der Waals surface area (Å²) in [5.74, 6) is -0.985. The van der Waals surface area contributed by atoms with E-state index >= 15 is 0 Å². The molecule has 0 heterocycles. The SMILES string of the molecule is C.CCCCC(O)c1ccccc1C(=O)O. The maximum atomic E-state index is 10.9. The molecule has 0 spiro atoms. The third-order valence-corrected chi connectivity index (χ3v) is 2.38. The average molecular weight is 224 g/mol. The van der Waals surface area contributed by atoms with Crippen molar-refractivity contribution in [3.05, 3.63) is 35.4 Å². The second-order valence-electron chi connectivity index (χ2n) is 3.55. The molecule has 0 fully saturated rings. The van der Waals surface area contributed by atoms with E-state index in [9.17, 15) is 9.90 Å². The van der Waals surface area contributed by atoms with Crippen LogP contribution in [0.25, 0.3) is 0 Å². The van der Waals surface area contributed by atoms with E-state index in [4.69, 9.17) is 5.11 Å². The fourth-order valence-corrected chi connectivity index (χ4v) is 1.54. The molecule has 0 aliphatic heterocycles. The highest BCUT2D eigenvalue weighted by Gasteiger charge is 2.15. The predicted molar refractivity (Wildman–Crippen MR) is 64.6 cm³/mol. The van der Waals surface area contributed by atoms with Crippen molar-refractivity contribution >= 4 is 5.97 Å². The van der Waals surface area contributed by atoms with Crippen LogP contribution in [0.15, 0.2) is 24.3 Å². The molecule has 1 rings (SSSR count). The number of rotatable bonds is 5. The fraction of sp³-hybridized carbons (Fsp3) is 0.462. The van der Waals surface area contributed by atoms with E-state index in [0.717, 1.165) is 12.8 Å². The molecule has 0 saturated carbocycles. The lowest BCUT2D eigenvalue weighted by Crippen LogP contribution is -2.06. The molecule has 0 saturated heterocycles. The van der Waals surface area contributed by atoms with Crippen molar-refractivity contribution in [2.24, 2.45) is 0 Å². The molecule has 1 unspecified atom stereocenters. The number of carbonyl (C=O) groups is 1. The molecular weight excluding hydrogens is 204 g/mol. The quantitative estimate of drug-likeness (QED) is 0.807. The summed E-state index contributed by atoms with van der Waals surface area (Å²) in [5.41, 5.74) is 0.708. The molecule has 3 heteroatoms. The maximum absolute atomic E-state index is 10.9. The predicted octanol–water partition coefficient (Wildman–Crippen LogP) is 3.24. The summed E-state index contributed by atoms with van der Waals surface area (Å²) >= 11 is 0. The number of aliphatic hydroxyl groups is 1. The van der Waals surface area contributed by atoms with Gasteiger partial charge in [0.15, 0.2) is 0 Å². The first-order valence-electron chi connectivity index (χ1n) is 5.17. The van der Waals surface area contributed by atoms with Crippen molar-refractivity contribution in [2.45, 2.75) is 39.7 Å². The van der Waals surface area contributed by atoms with Gasteiger partial charge in [0.05, 0.1) is 11.7 Å². The Balaban J connectivity index is 0.00000225. The zero-order valence-corrected chi connectivity index (χ0v) is 8.81. The van der Waals surface area contributed by atoms with Crippen LogP contribution < -0.4 is 0 Å². The number of hydrogen-bond acceptors (Lipinski definition) is 2. The van der Waals surface area contributed by atoms with Crippen molar-refractivity contribution in [1.82, 2.24) is 0 Å². The Morgan fingerprint density at radius 1 is 1.38 bits per heavy atom. The molecule has 0 aliphatic rings. The third kappa shape index (κ3) is 3.66. The van der Waals surface area contributed by atoms with E-state index in [1.54, 1.807) is 18.2 Å². The Morgan fingerprint density at radius 2 is 2.00 bits per heavy atom. The van der Waals surface area contributed by atoms with Gasteiger partial charge in [-0.2, -0.15) is 0 Å². The van der Waals surface area contributed by atoms with E-state index in [1.807, 2.05) is 6.92 Å². The van der Waals surface area contributed by atoms with Crippen molar-refractivity contribution in [1.29, 1.82) is 0 Å². The molecule has 0 bridgehead atoms. The molecular formula is C13H20O3. The molecule has 90 valence electrons. The molecule has 2 N–H and O–H groups in total. The molecule has 16 heavy (non-hydrogen) atoms. The van der Waals surface area contributed by atoms with E-state index < -0.39 is 12.1 Å². The summed E-state index contributed by atoms with van der Waals surface area (Å²) in [6.07, 6.45) is 1.83. The Labute approximate surface area is 96.7 Å². The zero-order valence-electron chi connectivity index (χ0n) is 8.81. The fourth-order valence-electron chi connectivity index (χ4n) is 1.54. The lowest BCUT2D eigenvalue weighted by molar-refractivity contribution is 0.0688. The lowest BCUT2D eigenvalue weighted by atomic mass is 9.99. The number of aromatic carboxylic acids is 1. The van der Waals surface area contributed by atoms with Gasteiger partial charge in [0.1, 0.15) is 0 Å². The van der Waals surface area contributed by atoms with Crippen LogP contribution in [-0.2, 0) is 0 Å². The highest BCUT2D eigenvalue weighted by molar-refractivity contribution is 5.89. The standard InChI is InChI=1S/C12H16O3.CH4/c1-2-3-8-11(13)9-6-4-5-7-10(9)12(14)15;/h4-7,11,13H,2-3,8H2,1H3,(H,14,15);1H4. The second kappa shape index (κ2) is 7.01. The summed E-state index contributed by atoms with van der Waals surface area (Å²) in [7, 11) is 0. The Morgan fingerprint density at radius 3 is 2.56 bits per heavy atom. The molecule has 1 aromatic carbocycles. The van der Waals surface area contributed by atoms with Crippen molar-refractivity contribution in [3.8, 4) is 0 Å². The first kappa shape index (κ1) is 14.6. The lowest BCUT2D eigenvalue weighted by Gasteiger charge is -2.12. The molecule has 0 radical (unpaired) electrons. The largest absolute Gasteiger partial charge is 0.478 e. The van der Waals surface area contributed by atoms with E-state index in [1.165, 1.54) is 6.07 Å². The van der Waals surface area contributed by atoms with Crippen LogP contribution in [0, 0.1) is 0 Å². The normalized spacial score (nSPS) is 11.6. The topological polar surface area (TPSA) is 57.5 Å². The van der Waals surface area contributed by atoms with E-state index in [2.05, 4.69) is 0 Å². The van der Waals surface area contributed by atoms with Gasteiger partial charge >= 0.3 is 5.97 Å². The minimum absolute atomic E-state index is 0. The summed E-state index contributed by atoms with van der Waals surface area (Å²) in [6, 6.07) is 6.60. The van der Waals surface area contributed by atoms with Crippen molar-refractivity contribution in [2.75, 3.05) is 0 Å². The van der Waals surface area contributed by atoms with Gasteiger partial charge in [-0.05, 0) is 18.1 Å². The Kier molecular flexibility index (Phi) is 6.42. The average Bonchev–Trinajstić information content (AvgIpc) is 2.25. The Hall–Kier alpha value is -1.35. The van der Waals surface area contributed by atoms with E-state index in [0.29, 0.717) is 12.0 Å². The number of carboxylic acid groups (broad SMARTS) is 1. The number of carboxylic acids is 1. The first-order chi connectivity index (χ1) is 7.16. The summed E-state index contributed by atoms with van der Waals surface area (Å²) in [5, 5.41) is 18.7. The molecule has 0 aromatic heterocycles. The van der Waals surface area contributed by atoms with Gasteiger partial charge in [0, 0.05) is 0 Å². The molecule has 3 nitrogen and oxygen atoms in total. The Bertz CT molecular complexity index is 334. The highest BCUT2D eigenvalue weighted by atomic mass is 16.4. The maximum Gasteiger partial charge on any atom is 0.336 e. The van der Waals surface area contributed by atoms with Gasteiger partial charge in [-0.15, -0.1) is 0 Å². The van der Waals surface area contributed by atoms with Crippen molar-refractivity contribution < 1.29 is 15.0 Å². The van der Waals surface area contributed by atoms with Crippen LogP contribution in [0.4, 0.5) is 0 Å². The minimum atomic E-state index is -0.985. The van der Waals surface area contributed by atoms with Crippen molar-refractivity contribution in [3.63, 3.8) is 0 Å². The van der Waals surface area contributed by atoms with Crippen LogP contribution in [0.5, 0.6) is 0 Å². The van der Waals surface area contributed by atoms with Crippen LogP contribution in [0.1, 0.15) is 55.6 Å². The van der Waals surface area contributed by atoms with Gasteiger partial charge in [-0.3, -0.25) is 0 Å². The molecule has 0 aliphatic carbocycles. The first-order valence-corrected chi connectivity index (χ1v) is 5.17. The van der Waals surface area contributed by atoms with Gasteiger partial charge in [0.25, 0.3) is 0 Å². The number of aliphatic hydroxyl groups excluding tert-OH is 1. The molecule has 1 atom stereocenters. The van der Waals surface area contributed by atoms with Crippen LogP contribution in [0.2, 0.25) is 0 Å². The van der Waals surface area contributed by atoms with Gasteiger partial charge in [0.2, 0.25) is 0 Å². The molecule has 1 aromatic rings. The summed E-state index contributed by atoms with van der Waals surface area (Å²) in [6.45, 7) is 2.04. The smallest absolute Gasteiger partial charge is 0.336 e. The van der Waals surface area contributed by atoms with Crippen LogP contribution in [0.3, 0.4) is 0 Å². The van der Waals surface area contributed by atoms with Gasteiger partial charge in [-0.1, -0.05) is 45.4 Å². The summed E-state index contributed by atoms with van der Waals surface area (Å²) < 4.78 is 0. The van der Waals surface area contributed by atoms with Gasteiger partial charge in [-0.25, -0.2) is 4.79 Å². The molecule has 0 amide bonds. The number of hydrogen-bond donors (Lipinski definition) is 2. The third-order valence-electron chi connectivity index (χ3n) is 2.38. The van der Waals surface area contributed by atoms with E-state index in [-0.39, 0.29) is 13.0 Å². The van der Waals surface area contributed by atoms with Crippen LogP contribution in [-0.4, -0.2) is 16.2 Å². The van der Waals surface area contributed by atoms with Crippen LogP contribution >= 0.6 is 0 Å².